The SMILES string of the molecule is COc1cc2c(c(-c3c(O)c(OC)cc4c3C(Cc3ccccc3)N(C)CC4)c1O)C(Cc1ccccc1)N(C)CC2. The molecule has 0 aliphatic carbocycles. The molecule has 2 heterocycles. The molecule has 0 saturated carbocycles. The largest absolute Gasteiger partial charge is 0.504 e. The highest BCUT2D eigenvalue weighted by Gasteiger charge is 2.37. The number of nitrogens with zero attached hydrogens (tertiary/aromatic N) is 2. The Labute approximate surface area is 248 Å². The summed E-state index contributed by atoms with van der Waals surface area (Å²) in [6.45, 7) is 1.78. The lowest BCUT2D eigenvalue weighted by Crippen LogP contribution is -2.35. The van der Waals surface area contributed by atoms with Crippen molar-refractivity contribution in [2.24, 2.45) is 0 Å². The zero-order valence-electron chi connectivity index (χ0n) is 24.9. The third-order valence-corrected chi connectivity index (χ3v) is 9.21. The van der Waals surface area contributed by atoms with Crippen LogP contribution < -0.4 is 9.47 Å². The summed E-state index contributed by atoms with van der Waals surface area (Å²) < 4.78 is 11.5. The minimum absolute atomic E-state index is 0.00176. The number of rotatable bonds is 7. The number of fused-ring (bicyclic) bond motifs is 2. The molecule has 0 fully saturated rings. The van der Waals surface area contributed by atoms with E-state index in [1.807, 2.05) is 24.3 Å². The van der Waals surface area contributed by atoms with E-state index < -0.39 is 0 Å². The smallest absolute Gasteiger partial charge is 0.166 e. The molecule has 2 unspecified atom stereocenters. The molecule has 6 nitrogen and oxygen atoms in total. The summed E-state index contributed by atoms with van der Waals surface area (Å²) in [6.07, 6.45) is 3.20. The van der Waals surface area contributed by atoms with E-state index in [1.54, 1.807) is 14.2 Å². The van der Waals surface area contributed by atoms with E-state index in [9.17, 15) is 10.2 Å². The molecule has 2 aliphatic rings. The average Bonchev–Trinajstić information content (AvgIpc) is 3.01. The second-order valence-corrected chi connectivity index (χ2v) is 11.6. The molecule has 4 aromatic carbocycles. The van der Waals surface area contributed by atoms with Crippen molar-refractivity contribution in [2.75, 3.05) is 41.4 Å². The van der Waals surface area contributed by atoms with Gasteiger partial charge in [0.1, 0.15) is 0 Å². The highest BCUT2D eigenvalue weighted by molar-refractivity contribution is 5.88. The van der Waals surface area contributed by atoms with Crippen molar-refractivity contribution in [1.82, 2.24) is 9.80 Å². The summed E-state index contributed by atoms with van der Waals surface area (Å²) in [5, 5.41) is 24.0. The molecule has 4 aromatic rings. The normalized spacial score (nSPS) is 18.8. The molecule has 0 aromatic heterocycles. The first-order chi connectivity index (χ1) is 20.4. The van der Waals surface area contributed by atoms with Gasteiger partial charge in [0.05, 0.1) is 14.2 Å². The van der Waals surface area contributed by atoms with Crippen molar-refractivity contribution in [3.63, 3.8) is 0 Å². The molecule has 0 saturated heterocycles. The number of aromatic hydroxyl groups is 2. The van der Waals surface area contributed by atoms with Crippen LogP contribution in [0.15, 0.2) is 72.8 Å². The fourth-order valence-electron chi connectivity index (χ4n) is 6.96. The molecule has 2 aliphatic heterocycles. The number of methoxy groups -OCH3 is 2. The Bertz CT molecular complexity index is 1450. The molecular formula is C36H40N2O4. The van der Waals surface area contributed by atoms with E-state index in [4.69, 9.17) is 9.47 Å². The second kappa shape index (κ2) is 11.7. The predicted molar refractivity (Wildman–Crippen MR) is 167 cm³/mol. The first-order valence-corrected chi connectivity index (χ1v) is 14.7. The lowest BCUT2D eigenvalue weighted by Gasteiger charge is -2.40. The quantitative estimate of drug-likeness (QED) is 0.274. The summed E-state index contributed by atoms with van der Waals surface area (Å²) in [6, 6.07) is 24.9. The van der Waals surface area contributed by atoms with Crippen molar-refractivity contribution < 1.29 is 19.7 Å². The molecule has 0 spiro atoms. The summed E-state index contributed by atoms with van der Waals surface area (Å²) in [4.78, 5) is 4.73. The van der Waals surface area contributed by atoms with Crippen LogP contribution >= 0.6 is 0 Å². The highest BCUT2D eigenvalue weighted by atomic mass is 16.5. The van der Waals surface area contributed by atoms with E-state index in [1.165, 1.54) is 11.1 Å². The zero-order chi connectivity index (χ0) is 29.4. The van der Waals surface area contributed by atoms with Gasteiger partial charge < -0.3 is 19.7 Å². The fourth-order valence-corrected chi connectivity index (χ4v) is 6.96. The maximum absolute atomic E-state index is 12.0. The Balaban J connectivity index is 1.64. The van der Waals surface area contributed by atoms with Gasteiger partial charge in [-0.3, -0.25) is 9.80 Å². The standard InChI is InChI=1S/C36H40N2O4/c1-37-17-15-25-21-29(41-3)35(39)33(31(25)27(37)19-23-11-7-5-8-12-23)34-32-26(22-30(42-4)36(34)40)16-18-38(2)28(32)20-24-13-9-6-10-14-24/h5-14,21-22,27-28,39-40H,15-20H2,1-4H3. The lowest BCUT2D eigenvalue weighted by atomic mass is 9.77. The van der Waals surface area contributed by atoms with E-state index in [0.29, 0.717) is 22.6 Å². The van der Waals surface area contributed by atoms with Crippen molar-refractivity contribution in [2.45, 2.75) is 37.8 Å². The summed E-state index contributed by atoms with van der Waals surface area (Å²) in [7, 11) is 7.48. The van der Waals surface area contributed by atoms with E-state index in [2.05, 4.69) is 72.4 Å². The van der Waals surface area contributed by atoms with Crippen LogP contribution in [-0.2, 0) is 25.7 Å². The molecule has 42 heavy (non-hydrogen) atoms. The first-order valence-electron chi connectivity index (χ1n) is 14.7. The number of hydrogen-bond acceptors (Lipinski definition) is 6. The molecule has 2 N–H and O–H groups in total. The Morgan fingerprint density at radius 3 is 1.38 bits per heavy atom. The van der Waals surface area contributed by atoms with Gasteiger partial charge in [0, 0.05) is 36.3 Å². The number of ether oxygens (including phenoxy) is 2. The van der Waals surface area contributed by atoms with Gasteiger partial charge in [0.2, 0.25) is 0 Å². The molecule has 0 radical (unpaired) electrons. The first kappa shape index (κ1) is 28.1. The number of phenols is 2. The average molecular weight is 565 g/mol. The second-order valence-electron chi connectivity index (χ2n) is 11.6. The van der Waals surface area contributed by atoms with Crippen molar-refractivity contribution in [1.29, 1.82) is 0 Å². The van der Waals surface area contributed by atoms with Gasteiger partial charge in [-0.1, -0.05) is 60.7 Å². The third kappa shape index (κ3) is 4.99. The highest BCUT2D eigenvalue weighted by Crippen LogP contribution is 2.55. The molecule has 6 rings (SSSR count). The third-order valence-electron chi connectivity index (χ3n) is 9.21. The van der Waals surface area contributed by atoms with E-state index in [0.717, 1.165) is 61.0 Å². The number of phenolic OH excluding ortho intramolecular Hbond substituents is 2. The Morgan fingerprint density at radius 2 is 1.02 bits per heavy atom. The maximum atomic E-state index is 12.0. The van der Waals surface area contributed by atoms with Crippen molar-refractivity contribution in [3.05, 3.63) is 106 Å². The maximum Gasteiger partial charge on any atom is 0.166 e. The Hall–Kier alpha value is -4.00. The zero-order valence-corrected chi connectivity index (χ0v) is 24.9. The van der Waals surface area contributed by atoms with Crippen LogP contribution in [0.25, 0.3) is 11.1 Å². The van der Waals surface area contributed by atoms with Gasteiger partial charge in [-0.25, -0.2) is 0 Å². The monoisotopic (exact) mass is 564 g/mol. The van der Waals surface area contributed by atoms with Crippen LogP contribution in [0.2, 0.25) is 0 Å². The van der Waals surface area contributed by atoms with Crippen molar-refractivity contribution in [3.8, 4) is 34.1 Å². The predicted octanol–water partition coefficient (Wildman–Crippen LogP) is 6.33. The van der Waals surface area contributed by atoms with Gasteiger partial charge in [-0.05, 0) is 85.3 Å². The minimum atomic E-state index is -0.00176. The summed E-state index contributed by atoms with van der Waals surface area (Å²) in [5.74, 6) is 0.960. The Morgan fingerprint density at radius 1 is 0.643 bits per heavy atom. The fraction of sp³-hybridized carbons (Fsp3) is 0.333. The molecule has 0 amide bonds. The minimum Gasteiger partial charge on any atom is -0.504 e. The van der Waals surface area contributed by atoms with Crippen LogP contribution in [0.1, 0.15) is 45.5 Å². The molecular weight excluding hydrogens is 524 g/mol. The van der Waals surface area contributed by atoms with Crippen LogP contribution in [-0.4, -0.2) is 61.4 Å². The van der Waals surface area contributed by atoms with E-state index >= 15 is 0 Å². The summed E-state index contributed by atoms with van der Waals surface area (Å²) in [5.41, 5.74) is 8.11. The summed E-state index contributed by atoms with van der Waals surface area (Å²) >= 11 is 0. The molecule has 218 valence electrons. The van der Waals surface area contributed by atoms with Gasteiger partial charge >= 0.3 is 0 Å². The van der Waals surface area contributed by atoms with Crippen molar-refractivity contribution >= 4 is 0 Å². The lowest BCUT2D eigenvalue weighted by molar-refractivity contribution is 0.226. The molecule has 6 heteroatoms. The van der Waals surface area contributed by atoms with Gasteiger partial charge in [0.25, 0.3) is 0 Å². The van der Waals surface area contributed by atoms with Gasteiger partial charge in [-0.2, -0.15) is 0 Å². The van der Waals surface area contributed by atoms with Crippen LogP contribution in [0.5, 0.6) is 23.0 Å². The van der Waals surface area contributed by atoms with Gasteiger partial charge in [0.15, 0.2) is 23.0 Å². The molecule has 0 bridgehead atoms. The number of likely N-dealkylation sites (N-methyl/N-ethyl adjacent to an activating group) is 2. The number of benzene rings is 4. The molecule has 2 atom stereocenters. The van der Waals surface area contributed by atoms with Crippen LogP contribution in [0, 0.1) is 0 Å². The van der Waals surface area contributed by atoms with Crippen LogP contribution in [0.3, 0.4) is 0 Å². The number of hydrogen-bond donors (Lipinski definition) is 2. The van der Waals surface area contributed by atoms with Crippen LogP contribution in [0.4, 0.5) is 0 Å². The topological polar surface area (TPSA) is 65.4 Å². The van der Waals surface area contributed by atoms with Gasteiger partial charge in [-0.15, -0.1) is 0 Å². The Kier molecular flexibility index (Phi) is 7.84. The van der Waals surface area contributed by atoms with E-state index in [-0.39, 0.29) is 23.6 Å².